The highest BCUT2D eigenvalue weighted by Crippen LogP contribution is 2.40. The summed E-state index contributed by atoms with van der Waals surface area (Å²) in [4.78, 5) is 12.0. The summed E-state index contributed by atoms with van der Waals surface area (Å²) < 4.78 is 16.4. The number of carbonyl (C=O) groups is 1. The third-order valence-corrected chi connectivity index (χ3v) is 4.26. The quantitative estimate of drug-likeness (QED) is 0.837. The van der Waals surface area contributed by atoms with Gasteiger partial charge in [0, 0.05) is 6.08 Å². The fourth-order valence-corrected chi connectivity index (χ4v) is 2.84. The maximum Gasteiger partial charge on any atom is 0.250 e. The van der Waals surface area contributed by atoms with Crippen LogP contribution in [0.2, 0.25) is 0 Å². The number of aromatic nitrogens is 2. The van der Waals surface area contributed by atoms with Gasteiger partial charge >= 0.3 is 0 Å². The van der Waals surface area contributed by atoms with E-state index in [-0.39, 0.29) is 5.91 Å². The second kappa shape index (κ2) is 7.31. The molecule has 8 heteroatoms. The molecule has 1 aliphatic heterocycles. The summed E-state index contributed by atoms with van der Waals surface area (Å²) in [7, 11) is 1.56. The molecule has 7 nitrogen and oxygen atoms in total. The Morgan fingerprint density at radius 1 is 1.38 bits per heavy atom. The molecular formula is C16H17N3O4S. The number of ether oxygens (including phenoxy) is 3. The van der Waals surface area contributed by atoms with E-state index >= 15 is 0 Å². The molecule has 0 unspecified atom stereocenters. The minimum absolute atomic E-state index is 0.275. The number of carbonyl (C=O) groups excluding carboxylic acids is 1. The first-order chi connectivity index (χ1) is 11.7. The van der Waals surface area contributed by atoms with E-state index < -0.39 is 0 Å². The summed E-state index contributed by atoms with van der Waals surface area (Å²) in [6.45, 7) is 2.96. The Balaban J connectivity index is 1.72. The number of nitrogens with one attached hydrogen (secondary N) is 1. The zero-order valence-electron chi connectivity index (χ0n) is 13.4. The van der Waals surface area contributed by atoms with Crippen molar-refractivity contribution in [1.82, 2.24) is 10.2 Å². The molecule has 2 aromatic rings. The number of anilines is 1. The van der Waals surface area contributed by atoms with Crippen LogP contribution < -0.4 is 19.5 Å². The standard InChI is InChI=1S/C16H17N3O4S/c1-3-14-18-19-16(24-14)17-13(20)5-4-10-8-11(21-2)15-12(9-10)22-6-7-23-15/h4-5,8-9H,3,6-7H2,1-2H3,(H,17,19,20)/b5-4+. The van der Waals surface area contributed by atoms with Crippen LogP contribution in [0.5, 0.6) is 17.2 Å². The number of nitrogens with zero attached hydrogens (tertiary/aromatic N) is 2. The topological polar surface area (TPSA) is 82.6 Å². The minimum atomic E-state index is -0.275. The highest BCUT2D eigenvalue weighted by Gasteiger charge is 2.17. The fourth-order valence-electron chi connectivity index (χ4n) is 2.16. The minimum Gasteiger partial charge on any atom is -0.493 e. The van der Waals surface area contributed by atoms with E-state index in [9.17, 15) is 4.79 Å². The van der Waals surface area contributed by atoms with Crippen molar-refractivity contribution in [3.8, 4) is 17.2 Å². The van der Waals surface area contributed by atoms with Crippen LogP contribution in [0.4, 0.5) is 5.13 Å². The molecule has 1 amide bonds. The Bertz CT molecular complexity index is 755. The lowest BCUT2D eigenvalue weighted by molar-refractivity contribution is -0.111. The molecule has 0 aliphatic carbocycles. The van der Waals surface area contributed by atoms with Crippen LogP contribution in [0.25, 0.3) is 6.08 Å². The van der Waals surface area contributed by atoms with Crippen LogP contribution in [-0.2, 0) is 11.2 Å². The lowest BCUT2D eigenvalue weighted by Gasteiger charge is -2.20. The average molecular weight is 347 g/mol. The van der Waals surface area contributed by atoms with Gasteiger partial charge in [0.15, 0.2) is 11.5 Å². The van der Waals surface area contributed by atoms with Gasteiger partial charge in [0.2, 0.25) is 16.8 Å². The van der Waals surface area contributed by atoms with Gasteiger partial charge in [-0.25, -0.2) is 0 Å². The molecule has 0 atom stereocenters. The monoisotopic (exact) mass is 347 g/mol. The number of rotatable bonds is 5. The number of hydrogen-bond acceptors (Lipinski definition) is 7. The van der Waals surface area contributed by atoms with Gasteiger partial charge in [0.1, 0.15) is 18.2 Å². The van der Waals surface area contributed by atoms with E-state index in [1.54, 1.807) is 25.3 Å². The van der Waals surface area contributed by atoms with Crippen LogP contribution in [0, 0.1) is 0 Å². The molecule has 126 valence electrons. The van der Waals surface area contributed by atoms with Crippen molar-refractivity contribution in [3.05, 3.63) is 28.8 Å². The number of fused-ring (bicyclic) bond motifs is 1. The van der Waals surface area contributed by atoms with Gasteiger partial charge in [-0.2, -0.15) is 0 Å². The lowest BCUT2D eigenvalue weighted by atomic mass is 10.1. The van der Waals surface area contributed by atoms with Gasteiger partial charge in [0.05, 0.1) is 7.11 Å². The van der Waals surface area contributed by atoms with Crippen LogP contribution in [-0.4, -0.2) is 36.4 Å². The average Bonchev–Trinajstić information content (AvgIpc) is 3.06. The van der Waals surface area contributed by atoms with Gasteiger partial charge in [0.25, 0.3) is 0 Å². The predicted molar refractivity (Wildman–Crippen MR) is 90.9 cm³/mol. The first-order valence-corrected chi connectivity index (χ1v) is 8.30. The molecule has 2 heterocycles. The molecule has 0 spiro atoms. The molecule has 0 saturated carbocycles. The van der Waals surface area contributed by atoms with Gasteiger partial charge in [-0.05, 0) is 30.2 Å². The Morgan fingerprint density at radius 2 is 2.21 bits per heavy atom. The Kier molecular flexibility index (Phi) is 4.95. The molecule has 0 fully saturated rings. The van der Waals surface area contributed by atoms with Crippen molar-refractivity contribution in [2.75, 3.05) is 25.6 Å². The fraction of sp³-hybridized carbons (Fsp3) is 0.312. The summed E-state index contributed by atoms with van der Waals surface area (Å²) in [5.41, 5.74) is 0.776. The molecule has 3 rings (SSSR count). The zero-order chi connectivity index (χ0) is 16.9. The smallest absolute Gasteiger partial charge is 0.250 e. The van der Waals surface area contributed by atoms with Gasteiger partial charge < -0.3 is 14.2 Å². The van der Waals surface area contributed by atoms with Crippen molar-refractivity contribution in [2.24, 2.45) is 0 Å². The summed E-state index contributed by atoms with van der Waals surface area (Å²) in [6.07, 6.45) is 3.90. The van der Waals surface area contributed by atoms with Crippen molar-refractivity contribution in [2.45, 2.75) is 13.3 Å². The highest BCUT2D eigenvalue weighted by atomic mass is 32.1. The highest BCUT2D eigenvalue weighted by molar-refractivity contribution is 7.15. The maximum absolute atomic E-state index is 12.0. The summed E-state index contributed by atoms with van der Waals surface area (Å²) in [6, 6.07) is 3.60. The molecule has 0 radical (unpaired) electrons. The van der Waals surface area contributed by atoms with Crippen LogP contribution in [0.15, 0.2) is 18.2 Å². The van der Waals surface area contributed by atoms with E-state index in [0.29, 0.717) is 35.6 Å². The second-order valence-corrected chi connectivity index (χ2v) is 5.99. The van der Waals surface area contributed by atoms with E-state index in [0.717, 1.165) is 17.0 Å². The predicted octanol–water partition coefficient (Wildman–Crippen LogP) is 2.53. The third kappa shape index (κ3) is 3.65. The number of benzene rings is 1. The molecule has 24 heavy (non-hydrogen) atoms. The normalized spacial score (nSPS) is 13.1. The maximum atomic E-state index is 12.0. The third-order valence-electron chi connectivity index (χ3n) is 3.28. The van der Waals surface area contributed by atoms with Gasteiger partial charge in [-0.1, -0.05) is 18.3 Å². The Labute approximate surface area is 143 Å². The van der Waals surface area contributed by atoms with Crippen molar-refractivity contribution in [1.29, 1.82) is 0 Å². The Hall–Kier alpha value is -2.61. The van der Waals surface area contributed by atoms with E-state index in [4.69, 9.17) is 14.2 Å². The van der Waals surface area contributed by atoms with Gasteiger partial charge in [-0.3, -0.25) is 10.1 Å². The van der Waals surface area contributed by atoms with Crippen LogP contribution in [0.3, 0.4) is 0 Å². The lowest BCUT2D eigenvalue weighted by Crippen LogP contribution is -2.16. The van der Waals surface area contributed by atoms with Crippen LogP contribution >= 0.6 is 11.3 Å². The van der Waals surface area contributed by atoms with E-state index in [1.165, 1.54) is 17.4 Å². The summed E-state index contributed by atoms with van der Waals surface area (Å²) in [5.74, 6) is 1.50. The first-order valence-electron chi connectivity index (χ1n) is 7.48. The van der Waals surface area contributed by atoms with Gasteiger partial charge in [-0.15, -0.1) is 10.2 Å². The van der Waals surface area contributed by atoms with Crippen molar-refractivity contribution >= 4 is 28.5 Å². The summed E-state index contributed by atoms with van der Waals surface area (Å²) >= 11 is 1.36. The second-order valence-electron chi connectivity index (χ2n) is 4.92. The molecule has 1 N–H and O–H groups in total. The first kappa shape index (κ1) is 16.3. The number of amides is 1. The van der Waals surface area contributed by atoms with Crippen LogP contribution in [0.1, 0.15) is 17.5 Å². The zero-order valence-corrected chi connectivity index (χ0v) is 14.2. The molecule has 1 aliphatic rings. The Morgan fingerprint density at radius 3 is 2.96 bits per heavy atom. The molecule has 0 bridgehead atoms. The van der Waals surface area contributed by atoms with Crippen molar-refractivity contribution in [3.63, 3.8) is 0 Å². The van der Waals surface area contributed by atoms with Crippen molar-refractivity contribution < 1.29 is 19.0 Å². The largest absolute Gasteiger partial charge is 0.493 e. The van der Waals surface area contributed by atoms with E-state index in [1.807, 2.05) is 6.92 Å². The molecule has 1 aromatic carbocycles. The number of aryl methyl sites for hydroxylation is 1. The number of hydrogen-bond donors (Lipinski definition) is 1. The number of methoxy groups -OCH3 is 1. The molecule has 1 aromatic heterocycles. The SMILES string of the molecule is CCc1nnc(NC(=O)/C=C/c2cc(OC)c3c(c2)OCCO3)s1. The molecule has 0 saturated heterocycles. The van der Waals surface area contributed by atoms with E-state index in [2.05, 4.69) is 15.5 Å². The summed E-state index contributed by atoms with van der Waals surface area (Å²) in [5, 5.41) is 11.9. The molecular weight excluding hydrogens is 330 g/mol.